The van der Waals surface area contributed by atoms with E-state index in [9.17, 15) is 0 Å². The van der Waals surface area contributed by atoms with Crippen molar-refractivity contribution in [3.8, 4) is 0 Å². The molecule has 1 aromatic heterocycles. The van der Waals surface area contributed by atoms with Crippen LogP contribution in [0.1, 0.15) is 25.6 Å². The lowest BCUT2D eigenvalue weighted by atomic mass is 10.2. The minimum atomic E-state index is 0.316. The van der Waals surface area contributed by atoms with Crippen LogP contribution in [0.5, 0.6) is 0 Å². The molecule has 2 aromatic rings. The van der Waals surface area contributed by atoms with E-state index >= 15 is 0 Å². The Balaban J connectivity index is 2.82. The van der Waals surface area contributed by atoms with Crippen molar-refractivity contribution >= 4 is 58.7 Å². The molecular weight excluding hydrogens is 400 g/mol. The first-order valence-electron chi connectivity index (χ1n) is 4.81. The van der Waals surface area contributed by atoms with E-state index in [1.54, 1.807) is 0 Å². The Bertz CT molecular complexity index is 552. The fourth-order valence-corrected chi connectivity index (χ4v) is 3.19. The summed E-state index contributed by atoms with van der Waals surface area (Å²) < 4.78 is 2.82. The van der Waals surface area contributed by atoms with E-state index in [-0.39, 0.29) is 0 Å². The number of hydrogen-bond acceptors (Lipinski definition) is 2. The fraction of sp³-hybridized carbons (Fsp3) is 0.273. The van der Waals surface area contributed by atoms with Crippen molar-refractivity contribution in [1.29, 1.82) is 0 Å². The van der Waals surface area contributed by atoms with Gasteiger partial charge in [0.15, 0.2) is 0 Å². The van der Waals surface area contributed by atoms with Crippen LogP contribution < -0.4 is 0 Å². The average Bonchev–Trinajstić information content (AvgIpc) is 2.19. The second-order valence-corrected chi connectivity index (χ2v) is 6.33. The molecule has 2 nitrogen and oxygen atoms in total. The Hall–Kier alpha value is -0.000000000000000111. The molecule has 1 heterocycles. The zero-order chi connectivity index (χ0) is 11.9. The molecule has 0 N–H and O–H groups in total. The number of nitrogens with zero attached hydrogens (tertiary/aromatic N) is 2. The van der Waals surface area contributed by atoms with Gasteiger partial charge in [0, 0.05) is 20.2 Å². The van der Waals surface area contributed by atoms with Gasteiger partial charge in [-0.1, -0.05) is 29.8 Å². The first-order valence-corrected chi connectivity index (χ1v) is 7.19. The highest BCUT2D eigenvalue weighted by atomic mass is 79.9. The number of fused-ring (bicyclic) bond motifs is 1. The normalized spacial score (nSPS) is 11.4. The van der Waals surface area contributed by atoms with Crippen LogP contribution in [0.15, 0.2) is 25.7 Å². The van der Waals surface area contributed by atoms with Crippen molar-refractivity contribution in [2.75, 3.05) is 0 Å². The van der Waals surface area contributed by atoms with E-state index in [0.717, 1.165) is 30.3 Å². The minimum Gasteiger partial charge on any atom is -0.231 e. The van der Waals surface area contributed by atoms with Crippen molar-refractivity contribution < 1.29 is 0 Å². The molecule has 0 amide bonds. The zero-order valence-corrected chi connectivity index (χ0v) is 13.5. The molecule has 84 valence electrons. The van der Waals surface area contributed by atoms with E-state index < -0.39 is 0 Å². The lowest BCUT2D eigenvalue weighted by Gasteiger charge is -2.08. The zero-order valence-electron chi connectivity index (χ0n) is 8.76. The summed E-state index contributed by atoms with van der Waals surface area (Å²) in [6.07, 6.45) is 0. The molecular formula is C11H9Br3N2. The lowest BCUT2D eigenvalue weighted by molar-refractivity contribution is 0.778. The van der Waals surface area contributed by atoms with Crippen molar-refractivity contribution in [2.45, 2.75) is 19.8 Å². The van der Waals surface area contributed by atoms with Crippen LogP contribution >= 0.6 is 47.8 Å². The Morgan fingerprint density at radius 3 is 2.38 bits per heavy atom. The number of benzene rings is 1. The monoisotopic (exact) mass is 406 g/mol. The summed E-state index contributed by atoms with van der Waals surface area (Å²) in [5.74, 6) is 1.17. The van der Waals surface area contributed by atoms with Crippen LogP contribution in [-0.4, -0.2) is 9.97 Å². The van der Waals surface area contributed by atoms with Crippen LogP contribution in [0.4, 0.5) is 0 Å². The van der Waals surface area contributed by atoms with Crippen LogP contribution in [0.25, 0.3) is 10.9 Å². The molecule has 0 unspecified atom stereocenters. The summed E-state index contributed by atoms with van der Waals surface area (Å²) in [7, 11) is 0. The van der Waals surface area contributed by atoms with Gasteiger partial charge < -0.3 is 0 Å². The third-order valence-electron chi connectivity index (χ3n) is 2.21. The van der Waals surface area contributed by atoms with Crippen molar-refractivity contribution in [3.63, 3.8) is 0 Å². The summed E-state index contributed by atoms with van der Waals surface area (Å²) in [6, 6.07) is 4.00. The topological polar surface area (TPSA) is 25.8 Å². The second-order valence-electron chi connectivity index (χ2n) is 3.81. The van der Waals surface area contributed by atoms with Crippen LogP contribution in [0.2, 0.25) is 0 Å². The highest BCUT2D eigenvalue weighted by Gasteiger charge is 2.11. The van der Waals surface area contributed by atoms with Gasteiger partial charge >= 0.3 is 0 Å². The quantitative estimate of drug-likeness (QED) is 0.618. The number of rotatable bonds is 1. The predicted molar refractivity (Wildman–Crippen MR) is 76.7 cm³/mol. The molecule has 0 aliphatic carbocycles. The molecule has 1 aromatic carbocycles. The van der Waals surface area contributed by atoms with Crippen molar-refractivity contribution in [3.05, 3.63) is 31.5 Å². The molecule has 2 rings (SSSR count). The van der Waals surface area contributed by atoms with Gasteiger partial charge in [-0.25, -0.2) is 9.97 Å². The molecule has 0 saturated carbocycles. The largest absolute Gasteiger partial charge is 0.231 e. The third-order valence-corrected chi connectivity index (χ3v) is 3.87. The fourth-order valence-electron chi connectivity index (χ4n) is 1.40. The summed E-state index contributed by atoms with van der Waals surface area (Å²) in [5, 5.41) is 1.01. The van der Waals surface area contributed by atoms with Gasteiger partial charge in [0.05, 0.1) is 5.52 Å². The molecule has 0 aliphatic rings. The highest BCUT2D eigenvalue weighted by molar-refractivity contribution is 9.11. The summed E-state index contributed by atoms with van der Waals surface area (Å²) in [5.41, 5.74) is 0.939. The third kappa shape index (κ3) is 2.31. The molecule has 0 saturated heterocycles. The maximum Gasteiger partial charge on any atom is 0.132 e. The predicted octanol–water partition coefficient (Wildman–Crippen LogP) is 5.04. The van der Waals surface area contributed by atoms with E-state index in [2.05, 4.69) is 71.6 Å². The summed E-state index contributed by atoms with van der Waals surface area (Å²) in [4.78, 5) is 9.01. The Labute approximate surface area is 119 Å². The number of aromatic nitrogens is 2. The smallest absolute Gasteiger partial charge is 0.132 e. The van der Waals surface area contributed by atoms with Crippen molar-refractivity contribution in [1.82, 2.24) is 9.97 Å². The summed E-state index contributed by atoms with van der Waals surface area (Å²) >= 11 is 10.5. The van der Waals surface area contributed by atoms with Gasteiger partial charge in [-0.05, 0) is 44.0 Å². The van der Waals surface area contributed by atoms with Gasteiger partial charge in [0.2, 0.25) is 0 Å². The molecule has 0 spiro atoms. The molecule has 0 aliphatic heterocycles. The maximum absolute atomic E-state index is 4.57. The molecule has 0 fully saturated rings. The number of hydrogen-bond donors (Lipinski definition) is 0. The van der Waals surface area contributed by atoms with Gasteiger partial charge in [-0.2, -0.15) is 0 Å². The Morgan fingerprint density at radius 1 is 1.06 bits per heavy atom. The summed E-state index contributed by atoms with van der Waals surface area (Å²) in [6.45, 7) is 4.17. The minimum absolute atomic E-state index is 0.316. The van der Waals surface area contributed by atoms with Crippen LogP contribution in [-0.2, 0) is 0 Å². The molecule has 0 atom stereocenters. The highest BCUT2D eigenvalue weighted by Crippen LogP contribution is 2.31. The van der Waals surface area contributed by atoms with E-state index in [1.807, 2.05) is 12.1 Å². The number of halogens is 3. The van der Waals surface area contributed by atoms with Gasteiger partial charge in [0.1, 0.15) is 10.4 Å². The lowest BCUT2D eigenvalue weighted by Crippen LogP contribution is -1.99. The van der Waals surface area contributed by atoms with E-state index in [4.69, 9.17) is 0 Å². The first-order chi connectivity index (χ1) is 7.49. The molecule has 5 heteroatoms. The van der Waals surface area contributed by atoms with Crippen LogP contribution in [0.3, 0.4) is 0 Å². The van der Waals surface area contributed by atoms with Crippen molar-refractivity contribution in [2.24, 2.45) is 0 Å². The van der Waals surface area contributed by atoms with Gasteiger partial charge in [-0.15, -0.1) is 0 Å². The van der Waals surface area contributed by atoms with Gasteiger partial charge in [-0.3, -0.25) is 0 Å². The van der Waals surface area contributed by atoms with Gasteiger partial charge in [0.25, 0.3) is 0 Å². The maximum atomic E-state index is 4.57. The van der Waals surface area contributed by atoms with E-state index in [0.29, 0.717) is 5.92 Å². The second kappa shape index (κ2) is 4.70. The van der Waals surface area contributed by atoms with Crippen LogP contribution in [0, 0.1) is 0 Å². The molecule has 0 radical (unpaired) electrons. The Morgan fingerprint density at radius 2 is 1.75 bits per heavy atom. The SMILES string of the molecule is CC(C)c1nc(Br)c2cc(Br)cc(Br)c2n1. The van der Waals surface area contributed by atoms with E-state index in [1.165, 1.54) is 0 Å². The first kappa shape index (κ1) is 12.5. The standard InChI is InChI=1S/C11H9Br3N2/c1-5(2)11-15-9-7(10(14)16-11)3-6(12)4-8(9)13/h3-5H,1-2H3. The Kier molecular flexibility index (Phi) is 3.66. The molecule has 16 heavy (non-hydrogen) atoms. The average molecular weight is 409 g/mol. The molecule has 0 bridgehead atoms.